The van der Waals surface area contributed by atoms with E-state index in [2.05, 4.69) is 17.1 Å². The van der Waals surface area contributed by atoms with Gasteiger partial charge in [0, 0.05) is 6.04 Å². The highest BCUT2D eigenvalue weighted by Crippen LogP contribution is 2.16. The highest BCUT2D eigenvalue weighted by atomic mass is 15.2. The van der Waals surface area contributed by atoms with Crippen molar-refractivity contribution in [1.82, 2.24) is 10.2 Å². The third-order valence-corrected chi connectivity index (χ3v) is 3.06. The number of unbranched alkanes of at least 4 members (excludes halogenated alkanes) is 2. The number of likely N-dealkylation sites (tertiary alicyclic amines) is 1. The molecule has 13 heavy (non-hydrogen) atoms. The fourth-order valence-electron chi connectivity index (χ4n) is 2.12. The van der Waals surface area contributed by atoms with Crippen LogP contribution in [0.25, 0.3) is 0 Å². The Kier molecular flexibility index (Phi) is 5.40. The first-order valence-corrected chi connectivity index (χ1v) is 5.73. The number of rotatable bonds is 6. The lowest BCUT2D eigenvalue weighted by molar-refractivity contribution is 0.262. The Morgan fingerprint density at radius 3 is 2.77 bits per heavy atom. The van der Waals surface area contributed by atoms with E-state index in [-0.39, 0.29) is 0 Å². The summed E-state index contributed by atoms with van der Waals surface area (Å²) in [7, 11) is 2.03. The third-order valence-electron chi connectivity index (χ3n) is 3.06. The van der Waals surface area contributed by atoms with Crippen LogP contribution in [0.4, 0.5) is 0 Å². The van der Waals surface area contributed by atoms with E-state index in [1.54, 1.807) is 0 Å². The molecule has 1 heterocycles. The molecule has 1 N–H and O–H groups in total. The van der Waals surface area contributed by atoms with Gasteiger partial charge in [-0.15, -0.1) is 0 Å². The van der Waals surface area contributed by atoms with Gasteiger partial charge in [-0.05, 0) is 59.3 Å². The van der Waals surface area contributed by atoms with Gasteiger partial charge in [0.2, 0.25) is 0 Å². The molecule has 1 unspecified atom stereocenters. The van der Waals surface area contributed by atoms with E-state index in [1.807, 2.05) is 7.05 Å². The SMILES string of the molecule is CNCCCCCN1CCCC1C. The van der Waals surface area contributed by atoms with E-state index in [1.165, 1.54) is 51.7 Å². The van der Waals surface area contributed by atoms with Gasteiger partial charge in [0.1, 0.15) is 0 Å². The van der Waals surface area contributed by atoms with E-state index < -0.39 is 0 Å². The zero-order valence-electron chi connectivity index (χ0n) is 9.18. The quantitative estimate of drug-likeness (QED) is 0.634. The van der Waals surface area contributed by atoms with Crippen LogP contribution in [0, 0.1) is 0 Å². The Bertz CT molecular complexity index is 125. The van der Waals surface area contributed by atoms with Gasteiger partial charge in [-0.2, -0.15) is 0 Å². The van der Waals surface area contributed by atoms with Crippen LogP contribution in [0.15, 0.2) is 0 Å². The molecule has 78 valence electrons. The normalized spacial score (nSPS) is 24.0. The van der Waals surface area contributed by atoms with Crippen molar-refractivity contribution in [3.8, 4) is 0 Å². The average Bonchev–Trinajstić information content (AvgIpc) is 2.52. The molecule has 0 spiro atoms. The molecule has 1 saturated heterocycles. The molecule has 0 radical (unpaired) electrons. The van der Waals surface area contributed by atoms with Crippen LogP contribution >= 0.6 is 0 Å². The van der Waals surface area contributed by atoms with Crippen LogP contribution in [0.3, 0.4) is 0 Å². The lowest BCUT2D eigenvalue weighted by atomic mass is 10.2. The summed E-state index contributed by atoms with van der Waals surface area (Å²) in [6.45, 7) is 6.20. The standard InChI is InChI=1S/C11H24N2/c1-11-7-6-10-13(11)9-5-3-4-8-12-2/h11-12H,3-10H2,1-2H3. The molecular weight excluding hydrogens is 160 g/mol. The molecule has 1 fully saturated rings. The van der Waals surface area contributed by atoms with Crippen LogP contribution < -0.4 is 5.32 Å². The molecule has 0 bridgehead atoms. The Morgan fingerprint density at radius 2 is 2.15 bits per heavy atom. The van der Waals surface area contributed by atoms with Gasteiger partial charge < -0.3 is 10.2 Å². The minimum Gasteiger partial charge on any atom is -0.320 e. The smallest absolute Gasteiger partial charge is 0.00674 e. The predicted molar refractivity (Wildman–Crippen MR) is 58.0 cm³/mol. The van der Waals surface area contributed by atoms with Gasteiger partial charge in [0.05, 0.1) is 0 Å². The maximum Gasteiger partial charge on any atom is 0.00674 e. The predicted octanol–water partition coefficient (Wildman–Crippen LogP) is 1.86. The van der Waals surface area contributed by atoms with Crippen molar-refractivity contribution in [2.24, 2.45) is 0 Å². The molecule has 0 saturated carbocycles. The van der Waals surface area contributed by atoms with Crippen LogP contribution in [0.1, 0.15) is 39.0 Å². The number of hydrogen-bond acceptors (Lipinski definition) is 2. The van der Waals surface area contributed by atoms with Crippen LogP contribution in [-0.4, -0.2) is 37.6 Å². The molecule has 1 atom stereocenters. The summed E-state index contributed by atoms with van der Waals surface area (Å²) in [6.07, 6.45) is 6.92. The van der Waals surface area contributed by atoms with Crippen LogP contribution in [-0.2, 0) is 0 Å². The summed E-state index contributed by atoms with van der Waals surface area (Å²) in [5.41, 5.74) is 0. The minimum absolute atomic E-state index is 0.851. The fourth-order valence-corrected chi connectivity index (χ4v) is 2.12. The second-order valence-electron chi connectivity index (χ2n) is 4.19. The summed E-state index contributed by atoms with van der Waals surface area (Å²) in [5.74, 6) is 0. The molecule has 2 nitrogen and oxygen atoms in total. The van der Waals surface area contributed by atoms with E-state index in [0.29, 0.717) is 0 Å². The van der Waals surface area contributed by atoms with Crippen LogP contribution in [0.5, 0.6) is 0 Å². The van der Waals surface area contributed by atoms with Gasteiger partial charge in [-0.1, -0.05) is 6.42 Å². The van der Waals surface area contributed by atoms with Crippen LogP contribution in [0.2, 0.25) is 0 Å². The van der Waals surface area contributed by atoms with Crippen molar-refractivity contribution >= 4 is 0 Å². The van der Waals surface area contributed by atoms with Crippen molar-refractivity contribution in [2.45, 2.75) is 45.1 Å². The highest BCUT2D eigenvalue weighted by Gasteiger charge is 2.18. The molecule has 1 rings (SSSR count). The van der Waals surface area contributed by atoms with Crippen molar-refractivity contribution in [1.29, 1.82) is 0 Å². The molecule has 0 aromatic rings. The molecule has 1 aliphatic rings. The van der Waals surface area contributed by atoms with Gasteiger partial charge in [0.15, 0.2) is 0 Å². The summed E-state index contributed by atoms with van der Waals surface area (Å²) in [6, 6.07) is 0.851. The second kappa shape index (κ2) is 6.39. The zero-order valence-corrected chi connectivity index (χ0v) is 9.18. The van der Waals surface area contributed by atoms with Crippen molar-refractivity contribution in [3.05, 3.63) is 0 Å². The van der Waals surface area contributed by atoms with Gasteiger partial charge in [0.25, 0.3) is 0 Å². The Morgan fingerprint density at radius 1 is 1.31 bits per heavy atom. The summed E-state index contributed by atoms with van der Waals surface area (Å²) >= 11 is 0. The first-order valence-electron chi connectivity index (χ1n) is 5.73. The molecule has 1 aliphatic heterocycles. The highest BCUT2D eigenvalue weighted by molar-refractivity contribution is 4.74. The van der Waals surface area contributed by atoms with Crippen molar-refractivity contribution < 1.29 is 0 Å². The third kappa shape index (κ3) is 4.10. The van der Waals surface area contributed by atoms with Gasteiger partial charge in [-0.25, -0.2) is 0 Å². The second-order valence-corrected chi connectivity index (χ2v) is 4.19. The molecule has 0 aliphatic carbocycles. The summed E-state index contributed by atoms with van der Waals surface area (Å²) in [4.78, 5) is 2.64. The first-order chi connectivity index (χ1) is 6.34. The van der Waals surface area contributed by atoms with E-state index >= 15 is 0 Å². The number of nitrogens with zero attached hydrogens (tertiary/aromatic N) is 1. The molecular formula is C11H24N2. The summed E-state index contributed by atoms with van der Waals surface area (Å²) < 4.78 is 0. The molecule has 0 amide bonds. The van der Waals surface area contributed by atoms with Crippen molar-refractivity contribution in [2.75, 3.05) is 26.7 Å². The van der Waals surface area contributed by atoms with Crippen molar-refractivity contribution in [3.63, 3.8) is 0 Å². The Labute approximate surface area is 82.7 Å². The molecule has 2 heteroatoms. The zero-order chi connectivity index (χ0) is 9.52. The maximum atomic E-state index is 3.19. The lowest BCUT2D eigenvalue weighted by Gasteiger charge is -2.20. The fraction of sp³-hybridized carbons (Fsp3) is 1.00. The molecule has 0 aromatic heterocycles. The maximum absolute atomic E-state index is 3.19. The topological polar surface area (TPSA) is 15.3 Å². The Balaban J connectivity index is 1.93. The largest absolute Gasteiger partial charge is 0.320 e. The van der Waals surface area contributed by atoms with E-state index in [9.17, 15) is 0 Å². The molecule has 0 aromatic carbocycles. The monoisotopic (exact) mass is 184 g/mol. The Hall–Kier alpha value is -0.0800. The number of hydrogen-bond donors (Lipinski definition) is 1. The number of nitrogens with one attached hydrogen (secondary N) is 1. The van der Waals surface area contributed by atoms with Gasteiger partial charge >= 0.3 is 0 Å². The van der Waals surface area contributed by atoms with Gasteiger partial charge in [-0.3, -0.25) is 0 Å². The van der Waals surface area contributed by atoms with E-state index in [4.69, 9.17) is 0 Å². The lowest BCUT2D eigenvalue weighted by Crippen LogP contribution is -2.27. The summed E-state index contributed by atoms with van der Waals surface area (Å²) in [5, 5.41) is 3.19. The first kappa shape index (κ1) is 11.0. The van der Waals surface area contributed by atoms with E-state index in [0.717, 1.165) is 6.04 Å². The minimum atomic E-state index is 0.851. The average molecular weight is 184 g/mol.